The largest absolute Gasteiger partial charge is 0.504 e. The maximum atomic E-state index is 13.0. The number of aromatic hydroxyl groups is 1. The van der Waals surface area contributed by atoms with Gasteiger partial charge in [0.1, 0.15) is 0 Å². The van der Waals surface area contributed by atoms with Crippen LogP contribution in [0.4, 0.5) is 0 Å². The van der Waals surface area contributed by atoms with Crippen molar-refractivity contribution in [3.8, 4) is 11.5 Å². The normalized spacial score (nSPS) is 10.4. The van der Waals surface area contributed by atoms with E-state index in [1.165, 1.54) is 13.2 Å². The third-order valence-electron chi connectivity index (χ3n) is 4.88. The number of nitrogens with one attached hydrogen (secondary N) is 1. The molecule has 0 bridgehead atoms. The summed E-state index contributed by atoms with van der Waals surface area (Å²) in [5.41, 5.74) is 4.14. The number of aryl methyl sites for hydroxylation is 2. The number of carbonyl (C=O) groups excluding carboxylic acids is 2. The highest BCUT2D eigenvalue weighted by atomic mass is 16.5. The molecule has 3 aromatic carbocycles. The van der Waals surface area contributed by atoms with Gasteiger partial charge in [0.25, 0.3) is 5.91 Å². The molecule has 0 aliphatic carbocycles. The predicted octanol–water partition coefficient (Wildman–Crippen LogP) is 4.18. The van der Waals surface area contributed by atoms with Gasteiger partial charge in [0, 0.05) is 17.7 Å². The predicted molar refractivity (Wildman–Crippen MR) is 112 cm³/mol. The molecule has 0 atom stereocenters. The first kappa shape index (κ1) is 20.1. The van der Waals surface area contributed by atoms with Gasteiger partial charge in [-0.3, -0.25) is 9.59 Å². The monoisotopic (exact) mass is 389 g/mol. The minimum absolute atomic E-state index is 0.0342. The van der Waals surface area contributed by atoms with Gasteiger partial charge in [-0.2, -0.15) is 0 Å². The maximum absolute atomic E-state index is 13.0. The fraction of sp³-hybridized carbons (Fsp3) is 0.167. The number of hydrogen-bond acceptors (Lipinski definition) is 4. The molecule has 0 spiro atoms. The molecule has 0 radical (unpaired) electrons. The van der Waals surface area contributed by atoms with E-state index in [-0.39, 0.29) is 24.0 Å². The second-order valence-electron chi connectivity index (χ2n) is 6.86. The first-order valence-electron chi connectivity index (χ1n) is 9.25. The highest BCUT2D eigenvalue weighted by molar-refractivity contribution is 6.15. The summed E-state index contributed by atoms with van der Waals surface area (Å²) in [7, 11) is 1.46. The molecular formula is C24H23NO4. The second kappa shape index (κ2) is 8.61. The lowest BCUT2D eigenvalue weighted by Crippen LogP contribution is -2.25. The first-order chi connectivity index (χ1) is 13.9. The lowest BCUT2D eigenvalue weighted by atomic mass is 9.95. The van der Waals surface area contributed by atoms with Crippen LogP contribution in [0.2, 0.25) is 0 Å². The molecular weight excluding hydrogens is 366 g/mol. The van der Waals surface area contributed by atoms with E-state index in [1.54, 1.807) is 42.5 Å². The van der Waals surface area contributed by atoms with Crippen molar-refractivity contribution in [3.63, 3.8) is 0 Å². The fourth-order valence-corrected chi connectivity index (χ4v) is 3.03. The number of phenols is 1. The van der Waals surface area contributed by atoms with E-state index in [2.05, 4.69) is 5.32 Å². The molecule has 2 N–H and O–H groups in total. The zero-order chi connectivity index (χ0) is 21.0. The Hall–Kier alpha value is -3.60. The Morgan fingerprint density at radius 3 is 2.34 bits per heavy atom. The van der Waals surface area contributed by atoms with Gasteiger partial charge in [0.05, 0.1) is 12.7 Å². The Morgan fingerprint density at radius 1 is 0.931 bits per heavy atom. The Labute approximate surface area is 170 Å². The first-order valence-corrected chi connectivity index (χ1v) is 9.25. The standard InChI is InChI=1S/C24H23NO4/c1-15-8-10-18(12-16(15)2)23(27)19-6-4-5-7-20(19)24(28)25-14-17-9-11-21(26)22(13-17)29-3/h4-13,26H,14H2,1-3H3,(H,25,28). The number of ketones is 1. The van der Waals surface area contributed by atoms with Crippen LogP contribution in [0.5, 0.6) is 11.5 Å². The van der Waals surface area contributed by atoms with E-state index in [1.807, 2.05) is 26.0 Å². The van der Waals surface area contributed by atoms with Gasteiger partial charge < -0.3 is 15.2 Å². The number of hydrogen-bond donors (Lipinski definition) is 2. The lowest BCUT2D eigenvalue weighted by molar-refractivity contribution is 0.0939. The van der Waals surface area contributed by atoms with Crippen LogP contribution in [0.25, 0.3) is 0 Å². The molecule has 0 unspecified atom stereocenters. The van der Waals surface area contributed by atoms with Crippen molar-refractivity contribution in [2.45, 2.75) is 20.4 Å². The summed E-state index contributed by atoms with van der Waals surface area (Å²) < 4.78 is 5.09. The average Bonchev–Trinajstić information content (AvgIpc) is 2.74. The van der Waals surface area contributed by atoms with Crippen molar-refractivity contribution in [1.82, 2.24) is 5.32 Å². The molecule has 29 heavy (non-hydrogen) atoms. The van der Waals surface area contributed by atoms with Crippen molar-refractivity contribution in [1.29, 1.82) is 0 Å². The van der Waals surface area contributed by atoms with Gasteiger partial charge in [0.15, 0.2) is 17.3 Å². The minimum Gasteiger partial charge on any atom is -0.504 e. The molecule has 0 aliphatic heterocycles. The van der Waals surface area contributed by atoms with E-state index in [4.69, 9.17) is 4.74 Å². The van der Waals surface area contributed by atoms with Crippen molar-refractivity contribution in [2.24, 2.45) is 0 Å². The number of ether oxygens (including phenoxy) is 1. The number of rotatable bonds is 6. The van der Waals surface area contributed by atoms with Gasteiger partial charge in [-0.25, -0.2) is 0 Å². The summed E-state index contributed by atoms with van der Waals surface area (Å²) in [6.07, 6.45) is 0. The SMILES string of the molecule is COc1cc(CNC(=O)c2ccccc2C(=O)c2ccc(C)c(C)c2)ccc1O. The topological polar surface area (TPSA) is 75.6 Å². The third kappa shape index (κ3) is 4.46. The molecule has 5 heteroatoms. The summed E-state index contributed by atoms with van der Waals surface area (Å²) >= 11 is 0. The van der Waals surface area contributed by atoms with Gasteiger partial charge in [0.2, 0.25) is 0 Å². The highest BCUT2D eigenvalue weighted by Crippen LogP contribution is 2.26. The summed E-state index contributed by atoms with van der Waals surface area (Å²) in [4.78, 5) is 25.8. The molecule has 5 nitrogen and oxygen atoms in total. The molecule has 148 valence electrons. The van der Waals surface area contributed by atoms with E-state index in [0.29, 0.717) is 22.4 Å². The summed E-state index contributed by atoms with van der Waals surface area (Å²) in [5.74, 6) is -0.163. The Morgan fingerprint density at radius 2 is 1.66 bits per heavy atom. The fourth-order valence-electron chi connectivity index (χ4n) is 3.03. The lowest BCUT2D eigenvalue weighted by Gasteiger charge is -2.11. The number of phenolic OH excluding ortho intramolecular Hbond substituents is 1. The quantitative estimate of drug-likeness (QED) is 0.620. The molecule has 0 aliphatic rings. The molecule has 0 saturated heterocycles. The van der Waals surface area contributed by atoms with Crippen LogP contribution in [0, 0.1) is 13.8 Å². The molecule has 0 aromatic heterocycles. The van der Waals surface area contributed by atoms with Gasteiger partial charge >= 0.3 is 0 Å². The molecule has 0 fully saturated rings. The van der Waals surface area contributed by atoms with Crippen LogP contribution in [0.15, 0.2) is 60.7 Å². The molecule has 3 rings (SSSR count). The van der Waals surface area contributed by atoms with Gasteiger partial charge in [-0.15, -0.1) is 0 Å². The van der Waals surface area contributed by atoms with Crippen molar-refractivity contribution in [2.75, 3.05) is 7.11 Å². The summed E-state index contributed by atoms with van der Waals surface area (Å²) in [6.45, 7) is 4.18. The van der Waals surface area contributed by atoms with Crippen LogP contribution in [0.3, 0.4) is 0 Å². The van der Waals surface area contributed by atoms with Crippen LogP contribution < -0.4 is 10.1 Å². The molecule has 0 saturated carbocycles. The van der Waals surface area contributed by atoms with Crippen LogP contribution >= 0.6 is 0 Å². The highest BCUT2D eigenvalue weighted by Gasteiger charge is 2.18. The van der Waals surface area contributed by atoms with Crippen molar-refractivity contribution < 1.29 is 19.4 Å². The molecule has 1 amide bonds. The third-order valence-corrected chi connectivity index (χ3v) is 4.88. The Kier molecular flexibility index (Phi) is 5.98. The smallest absolute Gasteiger partial charge is 0.252 e. The number of benzene rings is 3. The average molecular weight is 389 g/mol. The molecule has 3 aromatic rings. The minimum atomic E-state index is -0.343. The van der Waals surface area contributed by atoms with Crippen LogP contribution in [0.1, 0.15) is 43.0 Å². The number of methoxy groups -OCH3 is 1. The van der Waals surface area contributed by atoms with Gasteiger partial charge in [-0.05, 0) is 54.8 Å². The zero-order valence-corrected chi connectivity index (χ0v) is 16.7. The zero-order valence-electron chi connectivity index (χ0n) is 16.7. The van der Waals surface area contributed by atoms with E-state index < -0.39 is 0 Å². The molecule has 0 heterocycles. The van der Waals surface area contributed by atoms with Crippen molar-refractivity contribution >= 4 is 11.7 Å². The van der Waals surface area contributed by atoms with Crippen LogP contribution in [-0.2, 0) is 6.54 Å². The van der Waals surface area contributed by atoms with E-state index >= 15 is 0 Å². The Balaban J connectivity index is 1.81. The Bertz CT molecular complexity index is 1070. The second-order valence-corrected chi connectivity index (χ2v) is 6.86. The van der Waals surface area contributed by atoms with Crippen molar-refractivity contribution in [3.05, 3.63) is 94.0 Å². The van der Waals surface area contributed by atoms with E-state index in [0.717, 1.165) is 16.7 Å². The summed E-state index contributed by atoms with van der Waals surface area (Å²) in [5, 5.41) is 12.5. The summed E-state index contributed by atoms with van der Waals surface area (Å²) in [6, 6.07) is 17.2. The number of amides is 1. The maximum Gasteiger partial charge on any atom is 0.252 e. The van der Waals surface area contributed by atoms with E-state index in [9.17, 15) is 14.7 Å². The van der Waals surface area contributed by atoms with Crippen LogP contribution in [-0.4, -0.2) is 23.9 Å². The number of carbonyl (C=O) groups is 2. The van der Waals surface area contributed by atoms with Gasteiger partial charge in [-0.1, -0.05) is 36.4 Å².